The number of hydrogen-bond donors (Lipinski definition) is 1. The van der Waals surface area contributed by atoms with Crippen LogP contribution in [0.1, 0.15) is 27.2 Å². The highest BCUT2D eigenvalue weighted by Crippen LogP contribution is 2.35. The maximum absolute atomic E-state index is 14.8. The predicted molar refractivity (Wildman–Crippen MR) is 136 cm³/mol. The monoisotopic (exact) mass is 510 g/mol. The minimum Gasteiger partial charge on any atom is -0.337 e. The zero-order chi connectivity index (χ0) is 26.4. The zero-order valence-electron chi connectivity index (χ0n) is 20.3. The molecule has 6 rings (SSSR count). The van der Waals surface area contributed by atoms with Crippen LogP contribution in [0.2, 0.25) is 0 Å². The fourth-order valence-corrected chi connectivity index (χ4v) is 5.42. The lowest BCUT2D eigenvalue weighted by Crippen LogP contribution is -2.38. The van der Waals surface area contributed by atoms with E-state index in [4.69, 9.17) is 0 Å². The summed E-state index contributed by atoms with van der Waals surface area (Å²) in [6, 6.07) is 20.6. The Kier molecular flexibility index (Phi) is 5.83. The Labute approximate surface area is 216 Å². The number of carbonyl (C=O) groups excluding carboxylic acids is 3. The van der Waals surface area contributed by atoms with Gasteiger partial charge in [-0.05, 0) is 29.3 Å². The molecular formula is C29H23FN4O4. The lowest BCUT2D eigenvalue weighted by molar-refractivity contribution is -0.141. The van der Waals surface area contributed by atoms with Gasteiger partial charge in [-0.2, -0.15) is 5.10 Å². The molecule has 3 amide bonds. The van der Waals surface area contributed by atoms with Crippen LogP contribution in [0.3, 0.4) is 0 Å². The Hall–Kier alpha value is -4.66. The first kappa shape index (κ1) is 23.7. The molecule has 1 N–H and O–H groups in total. The van der Waals surface area contributed by atoms with Crippen molar-refractivity contribution in [2.24, 2.45) is 11.8 Å². The Morgan fingerprint density at radius 1 is 0.868 bits per heavy atom. The summed E-state index contributed by atoms with van der Waals surface area (Å²) in [4.78, 5) is 54.1. The Balaban J connectivity index is 1.21. The topological polar surface area (TPSA) is 103 Å². The Morgan fingerprint density at radius 3 is 2.24 bits per heavy atom. The van der Waals surface area contributed by atoms with E-state index in [1.54, 1.807) is 30.3 Å². The van der Waals surface area contributed by atoms with E-state index in [-0.39, 0.29) is 49.0 Å². The van der Waals surface area contributed by atoms with Gasteiger partial charge in [0.25, 0.3) is 11.5 Å². The van der Waals surface area contributed by atoms with Crippen molar-refractivity contribution < 1.29 is 18.8 Å². The molecule has 2 aliphatic rings. The van der Waals surface area contributed by atoms with Gasteiger partial charge in [-0.3, -0.25) is 24.1 Å². The van der Waals surface area contributed by atoms with Crippen LogP contribution in [0, 0.1) is 17.7 Å². The van der Waals surface area contributed by atoms with Crippen LogP contribution in [0.15, 0.2) is 77.6 Å². The second-order valence-corrected chi connectivity index (χ2v) is 9.71. The van der Waals surface area contributed by atoms with E-state index >= 15 is 0 Å². The minimum atomic E-state index is -0.682. The van der Waals surface area contributed by atoms with Crippen molar-refractivity contribution in [3.05, 3.63) is 111 Å². The minimum absolute atomic E-state index is 0.0646. The molecule has 2 aliphatic heterocycles. The van der Waals surface area contributed by atoms with E-state index in [2.05, 4.69) is 10.2 Å². The van der Waals surface area contributed by atoms with Gasteiger partial charge in [-0.1, -0.05) is 54.6 Å². The van der Waals surface area contributed by atoms with E-state index < -0.39 is 23.6 Å². The molecule has 0 saturated carbocycles. The number of imide groups is 1. The quantitative estimate of drug-likeness (QED) is 0.416. The molecule has 8 nitrogen and oxygen atoms in total. The van der Waals surface area contributed by atoms with Crippen molar-refractivity contribution >= 4 is 28.5 Å². The number of aromatic amines is 1. The molecule has 0 bridgehead atoms. The number of carbonyl (C=O) groups is 3. The molecule has 2 fully saturated rings. The van der Waals surface area contributed by atoms with Crippen LogP contribution < -0.4 is 5.56 Å². The molecule has 1 aromatic heterocycles. The average molecular weight is 511 g/mol. The van der Waals surface area contributed by atoms with Crippen molar-refractivity contribution in [3.8, 4) is 0 Å². The fraction of sp³-hybridized carbons (Fsp3) is 0.207. The molecule has 3 aromatic carbocycles. The molecule has 0 aliphatic carbocycles. The molecule has 2 unspecified atom stereocenters. The predicted octanol–water partition coefficient (Wildman–Crippen LogP) is 2.91. The molecule has 2 atom stereocenters. The third-order valence-corrected chi connectivity index (χ3v) is 7.36. The number of nitrogens with zero attached hydrogens (tertiary/aromatic N) is 3. The smallest absolute Gasteiger partial charge is 0.272 e. The maximum atomic E-state index is 14.8. The summed E-state index contributed by atoms with van der Waals surface area (Å²) in [5, 5.41) is 7.82. The molecule has 9 heteroatoms. The van der Waals surface area contributed by atoms with Gasteiger partial charge in [0, 0.05) is 24.9 Å². The number of halogens is 1. The molecule has 0 spiro atoms. The summed E-state index contributed by atoms with van der Waals surface area (Å²) in [6.45, 7) is 0.327. The van der Waals surface area contributed by atoms with Crippen LogP contribution in [-0.4, -0.2) is 50.8 Å². The fourth-order valence-electron chi connectivity index (χ4n) is 5.42. The van der Waals surface area contributed by atoms with Gasteiger partial charge < -0.3 is 4.90 Å². The third-order valence-electron chi connectivity index (χ3n) is 7.36. The number of aromatic nitrogens is 2. The zero-order valence-corrected chi connectivity index (χ0v) is 20.3. The normalized spacial score (nSPS) is 18.9. The van der Waals surface area contributed by atoms with Gasteiger partial charge >= 0.3 is 0 Å². The van der Waals surface area contributed by atoms with E-state index in [9.17, 15) is 23.6 Å². The van der Waals surface area contributed by atoms with E-state index in [0.29, 0.717) is 22.0 Å². The SMILES string of the molecule is O=C(c1cc(Cc2n[nH]c(=O)c3ccccc23)ccc1F)N1CC2C(=O)N(Cc3ccccc3)C(=O)C2C1. The summed E-state index contributed by atoms with van der Waals surface area (Å²) in [5.41, 5.74) is 1.66. The second-order valence-electron chi connectivity index (χ2n) is 9.71. The van der Waals surface area contributed by atoms with E-state index in [0.717, 1.165) is 5.56 Å². The van der Waals surface area contributed by atoms with Crippen molar-refractivity contribution in [2.45, 2.75) is 13.0 Å². The summed E-state index contributed by atoms with van der Waals surface area (Å²) >= 11 is 0. The lowest BCUT2D eigenvalue weighted by Gasteiger charge is -2.21. The summed E-state index contributed by atoms with van der Waals surface area (Å²) < 4.78 is 14.8. The first-order valence-electron chi connectivity index (χ1n) is 12.3. The van der Waals surface area contributed by atoms with Gasteiger partial charge in [0.15, 0.2) is 0 Å². The Bertz CT molecular complexity index is 1630. The number of H-pyrrole nitrogens is 1. The molecule has 190 valence electrons. The third kappa shape index (κ3) is 4.06. The van der Waals surface area contributed by atoms with Gasteiger partial charge in [-0.25, -0.2) is 9.49 Å². The number of benzene rings is 3. The number of hydrogen-bond acceptors (Lipinski definition) is 5. The number of rotatable bonds is 5. The van der Waals surface area contributed by atoms with Crippen LogP contribution in [-0.2, 0) is 22.6 Å². The van der Waals surface area contributed by atoms with Gasteiger partial charge in [0.1, 0.15) is 5.82 Å². The molecule has 4 aromatic rings. The lowest BCUT2D eigenvalue weighted by atomic mass is 10.00. The summed E-state index contributed by atoms with van der Waals surface area (Å²) in [6.07, 6.45) is 0.272. The van der Waals surface area contributed by atoms with Gasteiger partial charge in [0.2, 0.25) is 11.8 Å². The second kappa shape index (κ2) is 9.33. The molecule has 3 heterocycles. The maximum Gasteiger partial charge on any atom is 0.272 e. The van der Waals surface area contributed by atoms with E-state index in [1.807, 2.05) is 30.3 Å². The number of fused-ring (bicyclic) bond motifs is 2. The molecule has 0 radical (unpaired) electrons. The van der Waals surface area contributed by atoms with E-state index in [1.165, 1.54) is 21.9 Å². The number of nitrogens with one attached hydrogen (secondary N) is 1. The number of amides is 3. The van der Waals surface area contributed by atoms with Crippen molar-refractivity contribution in [1.29, 1.82) is 0 Å². The largest absolute Gasteiger partial charge is 0.337 e. The first-order chi connectivity index (χ1) is 18.4. The molecule has 2 saturated heterocycles. The molecular weight excluding hydrogens is 487 g/mol. The van der Waals surface area contributed by atoms with Crippen molar-refractivity contribution in [3.63, 3.8) is 0 Å². The molecule has 38 heavy (non-hydrogen) atoms. The average Bonchev–Trinajstić information content (AvgIpc) is 3.47. The van der Waals surface area contributed by atoms with Crippen LogP contribution in [0.25, 0.3) is 10.8 Å². The highest BCUT2D eigenvalue weighted by molar-refractivity contribution is 6.07. The summed E-state index contributed by atoms with van der Waals surface area (Å²) in [7, 11) is 0. The van der Waals surface area contributed by atoms with Gasteiger partial charge in [-0.15, -0.1) is 0 Å². The Morgan fingerprint density at radius 2 is 1.53 bits per heavy atom. The number of likely N-dealkylation sites (tertiary alicyclic amines) is 2. The summed E-state index contributed by atoms with van der Waals surface area (Å²) in [5.74, 6) is -3.10. The highest BCUT2D eigenvalue weighted by atomic mass is 19.1. The van der Waals surface area contributed by atoms with Crippen molar-refractivity contribution in [1.82, 2.24) is 20.0 Å². The standard InChI is InChI=1S/C29H23FN4O4/c30-24-11-10-18(13-25-19-8-4-5-9-20(19)26(35)32-31-25)12-21(24)27(36)33-15-22-23(16-33)29(38)34(28(22)37)14-17-6-2-1-3-7-17/h1-12,22-23H,13-16H2,(H,32,35). The van der Waals surface area contributed by atoms with Crippen LogP contribution >= 0.6 is 0 Å². The van der Waals surface area contributed by atoms with Crippen molar-refractivity contribution in [2.75, 3.05) is 13.1 Å². The van der Waals surface area contributed by atoms with Crippen LogP contribution in [0.4, 0.5) is 4.39 Å². The first-order valence-corrected chi connectivity index (χ1v) is 12.3. The highest BCUT2D eigenvalue weighted by Gasteiger charge is 2.53. The van der Waals surface area contributed by atoms with Gasteiger partial charge in [0.05, 0.1) is 35.0 Å². The van der Waals surface area contributed by atoms with Crippen LogP contribution in [0.5, 0.6) is 0 Å².